The molecule has 0 aromatic heterocycles. The van der Waals surface area contributed by atoms with E-state index in [1.165, 1.54) is 31.4 Å². The minimum Gasteiger partial charge on any atom is -0.496 e. The first-order valence-corrected chi connectivity index (χ1v) is 11.4. The van der Waals surface area contributed by atoms with E-state index in [4.69, 9.17) is 4.74 Å². The summed E-state index contributed by atoms with van der Waals surface area (Å²) in [6.45, 7) is 1.88. The van der Waals surface area contributed by atoms with Crippen molar-refractivity contribution in [2.45, 2.75) is 6.92 Å². The molecule has 0 aliphatic rings. The molecule has 0 unspecified atom stereocenters. The van der Waals surface area contributed by atoms with E-state index < -0.39 is 16.7 Å². The normalized spacial score (nSPS) is 11.0. The fourth-order valence-corrected chi connectivity index (χ4v) is 3.63. The molecular weight excluding hydrogens is 570 g/mol. The maximum absolute atomic E-state index is 13.1. The molecule has 0 radical (unpaired) electrons. The van der Waals surface area contributed by atoms with Crippen molar-refractivity contribution in [2.75, 3.05) is 12.4 Å². The Morgan fingerprint density at radius 3 is 2.50 bits per heavy atom. The molecule has 10 heteroatoms. The second-order valence-electron chi connectivity index (χ2n) is 7.13. The van der Waals surface area contributed by atoms with Crippen molar-refractivity contribution in [3.05, 3.63) is 102 Å². The molecule has 0 saturated carbocycles. The first-order chi connectivity index (χ1) is 16.2. The van der Waals surface area contributed by atoms with Crippen LogP contribution in [0.1, 0.15) is 21.5 Å². The van der Waals surface area contributed by atoms with E-state index in [-0.39, 0.29) is 16.9 Å². The third-order valence-corrected chi connectivity index (χ3v) is 6.09. The van der Waals surface area contributed by atoms with Crippen molar-refractivity contribution in [1.29, 1.82) is 0 Å². The number of hydrogen-bond donors (Lipinski definition) is 2. The largest absolute Gasteiger partial charge is 0.496 e. The van der Waals surface area contributed by atoms with Crippen LogP contribution in [0.25, 0.3) is 6.08 Å². The number of ether oxygens (including phenoxy) is 1. The van der Waals surface area contributed by atoms with Crippen molar-refractivity contribution in [2.24, 2.45) is 0 Å². The summed E-state index contributed by atoms with van der Waals surface area (Å²) >= 11 is 6.74. The van der Waals surface area contributed by atoms with Crippen LogP contribution in [0, 0.1) is 17.0 Å². The fourth-order valence-electron chi connectivity index (χ4n) is 3.02. The summed E-state index contributed by atoms with van der Waals surface area (Å²) in [6.07, 6.45) is 1.37. The molecule has 34 heavy (non-hydrogen) atoms. The van der Waals surface area contributed by atoms with E-state index in [1.54, 1.807) is 42.5 Å². The minimum absolute atomic E-state index is 0.104. The maximum atomic E-state index is 13.1. The summed E-state index contributed by atoms with van der Waals surface area (Å²) in [7, 11) is 1.43. The summed E-state index contributed by atoms with van der Waals surface area (Å²) in [5.74, 6) is -0.869. The molecule has 8 nitrogen and oxygen atoms in total. The number of rotatable bonds is 7. The highest BCUT2D eigenvalue weighted by atomic mass is 79.9. The van der Waals surface area contributed by atoms with E-state index in [0.29, 0.717) is 21.5 Å². The van der Waals surface area contributed by atoms with Crippen LogP contribution in [0.15, 0.2) is 75.3 Å². The van der Waals surface area contributed by atoms with Crippen LogP contribution < -0.4 is 15.4 Å². The maximum Gasteiger partial charge on any atom is 0.272 e. The highest BCUT2D eigenvalue weighted by molar-refractivity contribution is 9.10. The van der Waals surface area contributed by atoms with Crippen LogP contribution >= 0.6 is 31.9 Å². The standard InChI is InChI=1S/C24H19Br2N3O5/c1-14-10-17(7-8-20(14)26)27-24(31)21(12-15-4-3-5-18(11-15)29(32)33)28-23(30)19-13-16(25)6-9-22(19)34-2/h3-13H,1-2H3,(H,27,31)(H,28,30)/b21-12-. The van der Waals surface area contributed by atoms with Gasteiger partial charge in [0.15, 0.2) is 0 Å². The van der Waals surface area contributed by atoms with Crippen LogP contribution in [-0.4, -0.2) is 23.8 Å². The van der Waals surface area contributed by atoms with Gasteiger partial charge in [-0.3, -0.25) is 19.7 Å². The monoisotopic (exact) mass is 587 g/mol. The zero-order valence-corrected chi connectivity index (χ0v) is 21.3. The number of amides is 2. The number of halogens is 2. The number of nitro benzene ring substituents is 1. The molecule has 0 fully saturated rings. The highest BCUT2D eigenvalue weighted by Gasteiger charge is 2.19. The Labute approximate surface area is 212 Å². The van der Waals surface area contributed by atoms with E-state index in [9.17, 15) is 19.7 Å². The Hall–Kier alpha value is -3.50. The van der Waals surface area contributed by atoms with Gasteiger partial charge < -0.3 is 15.4 Å². The number of methoxy groups -OCH3 is 1. The van der Waals surface area contributed by atoms with E-state index in [1.807, 2.05) is 6.92 Å². The summed E-state index contributed by atoms with van der Waals surface area (Å²) < 4.78 is 6.80. The summed E-state index contributed by atoms with van der Waals surface area (Å²) in [4.78, 5) is 36.8. The Bertz CT molecular complexity index is 1310. The smallest absolute Gasteiger partial charge is 0.272 e. The van der Waals surface area contributed by atoms with Gasteiger partial charge >= 0.3 is 0 Å². The molecule has 3 aromatic rings. The minimum atomic E-state index is -0.601. The molecule has 0 saturated heterocycles. The number of carbonyl (C=O) groups excluding carboxylic acids is 2. The molecule has 0 atom stereocenters. The number of hydrogen-bond acceptors (Lipinski definition) is 5. The molecule has 0 heterocycles. The molecule has 0 spiro atoms. The van der Waals surface area contributed by atoms with E-state index >= 15 is 0 Å². The molecule has 2 amide bonds. The first-order valence-electron chi connectivity index (χ1n) is 9.86. The third-order valence-electron chi connectivity index (χ3n) is 4.71. The lowest BCUT2D eigenvalue weighted by atomic mass is 10.1. The van der Waals surface area contributed by atoms with Crippen molar-refractivity contribution < 1.29 is 19.2 Å². The SMILES string of the molecule is COc1ccc(Br)cc1C(=O)N/C(=C\c1cccc([N+](=O)[O-])c1)C(=O)Nc1ccc(Br)c(C)c1. The number of benzene rings is 3. The molecule has 3 rings (SSSR count). The average molecular weight is 589 g/mol. The highest BCUT2D eigenvalue weighted by Crippen LogP contribution is 2.24. The number of nitrogens with one attached hydrogen (secondary N) is 2. The molecular formula is C24H19Br2N3O5. The Balaban J connectivity index is 1.99. The summed E-state index contributed by atoms with van der Waals surface area (Å²) in [5.41, 5.74) is 1.75. The van der Waals surface area contributed by atoms with Crippen molar-refractivity contribution >= 4 is 61.1 Å². The number of carbonyl (C=O) groups is 2. The van der Waals surface area contributed by atoms with Gasteiger partial charge in [0.2, 0.25) is 0 Å². The van der Waals surface area contributed by atoms with Crippen molar-refractivity contribution in [3.8, 4) is 5.75 Å². The number of nitrogens with zero attached hydrogens (tertiary/aromatic N) is 1. The van der Waals surface area contributed by atoms with Crippen LogP contribution in [0.3, 0.4) is 0 Å². The van der Waals surface area contributed by atoms with Crippen molar-refractivity contribution in [3.63, 3.8) is 0 Å². The summed E-state index contributed by atoms with van der Waals surface area (Å²) in [6, 6.07) is 15.9. The van der Waals surface area contributed by atoms with Crippen LogP contribution in [-0.2, 0) is 4.79 Å². The lowest BCUT2D eigenvalue weighted by Crippen LogP contribution is -2.31. The van der Waals surface area contributed by atoms with Gasteiger partial charge in [0, 0.05) is 26.8 Å². The van der Waals surface area contributed by atoms with E-state index in [2.05, 4.69) is 42.5 Å². The summed E-state index contributed by atoms with van der Waals surface area (Å²) in [5, 5.41) is 16.5. The van der Waals surface area contributed by atoms with Crippen LogP contribution in [0.4, 0.5) is 11.4 Å². The zero-order valence-electron chi connectivity index (χ0n) is 18.1. The molecule has 2 N–H and O–H groups in total. The van der Waals surface area contributed by atoms with Gasteiger partial charge in [-0.25, -0.2) is 0 Å². The van der Waals surface area contributed by atoms with Crippen LogP contribution in [0.2, 0.25) is 0 Å². The quantitative estimate of drug-likeness (QED) is 0.204. The molecule has 3 aromatic carbocycles. The molecule has 0 aliphatic heterocycles. The van der Waals surface area contributed by atoms with Gasteiger partial charge in [-0.15, -0.1) is 0 Å². The molecule has 0 aliphatic carbocycles. The number of anilines is 1. The van der Waals surface area contributed by atoms with Gasteiger partial charge in [0.1, 0.15) is 11.4 Å². The van der Waals surface area contributed by atoms with Gasteiger partial charge in [-0.05, 0) is 60.5 Å². The second kappa shape index (κ2) is 11.1. The Morgan fingerprint density at radius 2 is 1.82 bits per heavy atom. The Morgan fingerprint density at radius 1 is 1.06 bits per heavy atom. The van der Waals surface area contributed by atoms with Gasteiger partial charge in [0.25, 0.3) is 17.5 Å². The molecule has 0 bridgehead atoms. The Kier molecular flexibility index (Phi) is 8.19. The number of nitro groups is 1. The van der Waals surface area contributed by atoms with E-state index in [0.717, 1.165) is 10.0 Å². The fraction of sp³-hybridized carbons (Fsp3) is 0.0833. The number of aryl methyl sites for hydroxylation is 1. The second-order valence-corrected chi connectivity index (χ2v) is 8.90. The molecule has 174 valence electrons. The lowest BCUT2D eigenvalue weighted by molar-refractivity contribution is -0.384. The van der Waals surface area contributed by atoms with Crippen molar-refractivity contribution in [1.82, 2.24) is 5.32 Å². The van der Waals surface area contributed by atoms with Crippen LogP contribution in [0.5, 0.6) is 5.75 Å². The number of non-ortho nitro benzene ring substituents is 1. The first kappa shape index (κ1) is 25.1. The zero-order chi connectivity index (χ0) is 24.8. The third kappa shape index (κ3) is 6.30. The van der Waals surface area contributed by atoms with Gasteiger partial charge in [0.05, 0.1) is 17.6 Å². The predicted octanol–water partition coefficient (Wildman–Crippen LogP) is 5.85. The van der Waals surface area contributed by atoms with Gasteiger partial charge in [-0.1, -0.05) is 44.0 Å². The topological polar surface area (TPSA) is 111 Å². The lowest BCUT2D eigenvalue weighted by Gasteiger charge is -2.14. The predicted molar refractivity (Wildman–Crippen MR) is 137 cm³/mol. The van der Waals surface area contributed by atoms with Gasteiger partial charge in [-0.2, -0.15) is 0 Å². The average Bonchev–Trinajstić information content (AvgIpc) is 2.81.